The lowest BCUT2D eigenvalue weighted by Gasteiger charge is -2.38. The molecule has 0 aromatic heterocycles. The fourth-order valence-corrected chi connectivity index (χ4v) is 3.43. The van der Waals surface area contributed by atoms with Crippen LogP contribution in [0.4, 0.5) is 4.39 Å². The van der Waals surface area contributed by atoms with Gasteiger partial charge in [0.15, 0.2) is 0 Å². The standard InChI is InChI=1S/C18H27ClFN3O2/c1-12(9-21-3)18(24)22-10-16(23-7-8-25-13(2)11-23)17-14(19)5-4-6-15(17)20/h4-6,12-13,16,21H,7-11H2,1-3H3,(H,22,24). The highest BCUT2D eigenvalue weighted by atomic mass is 35.5. The molecule has 25 heavy (non-hydrogen) atoms. The molecule has 140 valence electrons. The van der Waals surface area contributed by atoms with Gasteiger partial charge in [0.25, 0.3) is 0 Å². The number of halogens is 2. The first-order valence-corrected chi connectivity index (χ1v) is 9.03. The van der Waals surface area contributed by atoms with Crippen LogP contribution in [-0.2, 0) is 9.53 Å². The van der Waals surface area contributed by atoms with Crippen molar-refractivity contribution in [2.75, 3.05) is 39.8 Å². The molecule has 0 saturated carbocycles. The van der Waals surface area contributed by atoms with Crippen LogP contribution in [0.5, 0.6) is 0 Å². The molecule has 7 heteroatoms. The van der Waals surface area contributed by atoms with Gasteiger partial charge in [0.1, 0.15) is 5.82 Å². The number of morpholine rings is 1. The molecule has 0 aliphatic carbocycles. The third-order valence-corrected chi connectivity index (χ3v) is 4.80. The van der Waals surface area contributed by atoms with Crippen LogP contribution in [0.3, 0.4) is 0 Å². The molecule has 0 bridgehead atoms. The lowest BCUT2D eigenvalue weighted by atomic mass is 10.0. The predicted molar refractivity (Wildman–Crippen MR) is 97.2 cm³/mol. The number of carbonyl (C=O) groups excluding carboxylic acids is 1. The van der Waals surface area contributed by atoms with Crippen molar-refractivity contribution in [2.45, 2.75) is 26.0 Å². The van der Waals surface area contributed by atoms with E-state index >= 15 is 0 Å². The maximum Gasteiger partial charge on any atom is 0.224 e. The van der Waals surface area contributed by atoms with E-state index in [1.165, 1.54) is 6.07 Å². The Hall–Kier alpha value is -1.21. The van der Waals surface area contributed by atoms with Crippen molar-refractivity contribution < 1.29 is 13.9 Å². The number of ether oxygens (including phenoxy) is 1. The topological polar surface area (TPSA) is 53.6 Å². The molecule has 2 N–H and O–H groups in total. The molecule has 1 amide bonds. The number of hydrogen-bond donors (Lipinski definition) is 2. The second-order valence-corrected chi connectivity index (χ2v) is 6.94. The van der Waals surface area contributed by atoms with E-state index in [2.05, 4.69) is 15.5 Å². The second-order valence-electron chi connectivity index (χ2n) is 6.53. The van der Waals surface area contributed by atoms with Crippen LogP contribution < -0.4 is 10.6 Å². The second kappa shape index (κ2) is 9.48. The first-order chi connectivity index (χ1) is 11.9. The van der Waals surface area contributed by atoms with E-state index in [1.54, 1.807) is 19.2 Å². The lowest BCUT2D eigenvalue weighted by molar-refractivity contribution is -0.124. The Balaban J connectivity index is 2.19. The summed E-state index contributed by atoms with van der Waals surface area (Å²) in [6.45, 7) is 6.64. The summed E-state index contributed by atoms with van der Waals surface area (Å²) < 4.78 is 20.1. The molecule has 1 aromatic carbocycles. The van der Waals surface area contributed by atoms with Gasteiger partial charge in [-0.2, -0.15) is 0 Å². The Kier molecular flexibility index (Phi) is 7.62. The van der Waals surface area contributed by atoms with Gasteiger partial charge in [-0.3, -0.25) is 9.69 Å². The number of hydrogen-bond acceptors (Lipinski definition) is 4. The molecule has 1 fully saturated rings. The van der Waals surface area contributed by atoms with E-state index in [-0.39, 0.29) is 29.8 Å². The van der Waals surface area contributed by atoms with Crippen molar-refractivity contribution in [3.05, 3.63) is 34.6 Å². The van der Waals surface area contributed by atoms with E-state index in [1.807, 2.05) is 13.8 Å². The zero-order valence-corrected chi connectivity index (χ0v) is 15.8. The number of carbonyl (C=O) groups is 1. The number of amides is 1. The molecule has 0 spiro atoms. The third kappa shape index (κ3) is 5.38. The minimum atomic E-state index is -0.353. The van der Waals surface area contributed by atoms with Gasteiger partial charge in [0.05, 0.1) is 18.8 Å². The largest absolute Gasteiger partial charge is 0.376 e. The summed E-state index contributed by atoms with van der Waals surface area (Å²) in [4.78, 5) is 14.4. The van der Waals surface area contributed by atoms with E-state index in [4.69, 9.17) is 16.3 Å². The fourth-order valence-electron chi connectivity index (χ4n) is 3.14. The van der Waals surface area contributed by atoms with Crippen LogP contribution in [0.2, 0.25) is 5.02 Å². The first kappa shape index (κ1) is 20.1. The summed E-state index contributed by atoms with van der Waals surface area (Å²) >= 11 is 6.29. The Labute approximate surface area is 153 Å². The molecule has 3 unspecified atom stereocenters. The summed E-state index contributed by atoms with van der Waals surface area (Å²) in [5.41, 5.74) is 0.430. The molecule has 1 aromatic rings. The van der Waals surface area contributed by atoms with E-state index < -0.39 is 0 Å². The average Bonchev–Trinajstić information content (AvgIpc) is 2.57. The predicted octanol–water partition coefficient (Wildman–Crippen LogP) is 2.21. The molecule has 1 aliphatic rings. The number of nitrogens with one attached hydrogen (secondary N) is 2. The van der Waals surface area contributed by atoms with E-state index in [0.29, 0.717) is 43.4 Å². The van der Waals surface area contributed by atoms with Crippen LogP contribution in [0.15, 0.2) is 18.2 Å². The SMILES string of the molecule is CNCC(C)C(=O)NCC(c1c(F)cccc1Cl)N1CCOC(C)C1. The normalized spacial score (nSPS) is 20.9. The van der Waals surface area contributed by atoms with Crippen molar-refractivity contribution in [1.29, 1.82) is 0 Å². The summed E-state index contributed by atoms with van der Waals surface area (Å²) in [5.74, 6) is -0.576. The zero-order chi connectivity index (χ0) is 18.4. The number of rotatable bonds is 7. The van der Waals surface area contributed by atoms with Gasteiger partial charge in [-0.05, 0) is 26.1 Å². The van der Waals surface area contributed by atoms with Gasteiger partial charge < -0.3 is 15.4 Å². The van der Waals surface area contributed by atoms with Crippen molar-refractivity contribution in [2.24, 2.45) is 5.92 Å². The molecule has 3 atom stereocenters. The van der Waals surface area contributed by atoms with Crippen LogP contribution in [0, 0.1) is 11.7 Å². The lowest BCUT2D eigenvalue weighted by Crippen LogP contribution is -2.47. The van der Waals surface area contributed by atoms with Crippen LogP contribution >= 0.6 is 11.6 Å². The molecule has 1 saturated heterocycles. The Morgan fingerprint density at radius 3 is 2.88 bits per heavy atom. The molecular formula is C18H27ClFN3O2. The molecular weight excluding hydrogens is 345 g/mol. The monoisotopic (exact) mass is 371 g/mol. The smallest absolute Gasteiger partial charge is 0.224 e. The Morgan fingerprint density at radius 1 is 1.48 bits per heavy atom. The Bertz CT molecular complexity index is 567. The maximum absolute atomic E-state index is 14.5. The third-order valence-electron chi connectivity index (χ3n) is 4.47. The number of nitrogens with zero attached hydrogens (tertiary/aromatic N) is 1. The minimum absolute atomic E-state index is 0.0562. The molecule has 5 nitrogen and oxygen atoms in total. The average molecular weight is 372 g/mol. The van der Waals surface area contributed by atoms with Gasteiger partial charge in [-0.15, -0.1) is 0 Å². The van der Waals surface area contributed by atoms with Crippen molar-refractivity contribution >= 4 is 17.5 Å². The van der Waals surface area contributed by atoms with Crippen molar-refractivity contribution in [3.63, 3.8) is 0 Å². The van der Waals surface area contributed by atoms with Gasteiger partial charge in [-0.25, -0.2) is 4.39 Å². The highest BCUT2D eigenvalue weighted by Gasteiger charge is 2.29. The summed E-state index contributed by atoms with van der Waals surface area (Å²) in [5, 5.41) is 6.31. The quantitative estimate of drug-likeness (QED) is 0.771. The van der Waals surface area contributed by atoms with Gasteiger partial charge in [0.2, 0.25) is 5.91 Å². The van der Waals surface area contributed by atoms with E-state index in [9.17, 15) is 9.18 Å². The van der Waals surface area contributed by atoms with Crippen LogP contribution in [0.25, 0.3) is 0 Å². The summed E-state index contributed by atoms with van der Waals surface area (Å²) in [6, 6.07) is 4.35. The molecule has 0 radical (unpaired) electrons. The van der Waals surface area contributed by atoms with Gasteiger partial charge >= 0.3 is 0 Å². The van der Waals surface area contributed by atoms with Gasteiger partial charge in [0, 0.05) is 42.7 Å². The van der Waals surface area contributed by atoms with Crippen LogP contribution in [-0.4, -0.2) is 56.7 Å². The highest BCUT2D eigenvalue weighted by Crippen LogP contribution is 2.31. The van der Waals surface area contributed by atoms with Crippen molar-refractivity contribution in [1.82, 2.24) is 15.5 Å². The summed E-state index contributed by atoms with van der Waals surface area (Å²) in [7, 11) is 1.81. The first-order valence-electron chi connectivity index (χ1n) is 8.66. The zero-order valence-electron chi connectivity index (χ0n) is 15.0. The Morgan fingerprint density at radius 2 is 2.24 bits per heavy atom. The molecule has 2 rings (SSSR count). The maximum atomic E-state index is 14.5. The fraction of sp³-hybridized carbons (Fsp3) is 0.611. The minimum Gasteiger partial charge on any atom is -0.376 e. The van der Waals surface area contributed by atoms with Gasteiger partial charge in [-0.1, -0.05) is 24.6 Å². The summed E-state index contributed by atoms with van der Waals surface area (Å²) in [6.07, 6.45) is 0.0562. The van der Waals surface area contributed by atoms with Crippen LogP contribution in [0.1, 0.15) is 25.5 Å². The highest BCUT2D eigenvalue weighted by molar-refractivity contribution is 6.31. The number of benzene rings is 1. The molecule has 1 heterocycles. The molecule has 1 aliphatic heterocycles. The van der Waals surface area contributed by atoms with Crippen molar-refractivity contribution in [3.8, 4) is 0 Å². The van der Waals surface area contributed by atoms with E-state index in [0.717, 1.165) is 0 Å².